The van der Waals surface area contributed by atoms with Crippen LogP contribution >= 0.6 is 0 Å². The molecule has 2 aliphatic rings. The van der Waals surface area contributed by atoms with Crippen LogP contribution in [0.25, 0.3) is 0 Å². The Morgan fingerprint density at radius 2 is 2.00 bits per heavy atom. The van der Waals surface area contributed by atoms with E-state index in [1.807, 2.05) is 0 Å². The highest BCUT2D eigenvalue weighted by Gasteiger charge is 2.43. The van der Waals surface area contributed by atoms with E-state index in [0.717, 1.165) is 6.54 Å². The van der Waals surface area contributed by atoms with E-state index in [9.17, 15) is 9.90 Å². The molecule has 3 N–H and O–H groups in total. The average Bonchev–Trinajstić information content (AvgIpc) is 2.58. The van der Waals surface area contributed by atoms with E-state index in [2.05, 4.69) is 18.7 Å². The Morgan fingerprint density at radius 1 is 1.28 bits per heavy atom. The predicted octanol–water partition coefficient (Wildman–Crippen LogP) is 1.83. The van der Waals surface area contributed by atoms with Crippen molar-refractivity contribution >= 4 is 5.97 Å². The molecule has 1 aliphatic heterocycles. The standard InChI is InChI=1S/C14H26N2O2/c1-13(2)6-3-4-11(5-7-13)16-9-8-14(15,10-16)12(17)18/h11H,3-10,15H2,1-2H3,(H,17,18). The second kappa shape index (κ2) is 4.82. The van der Waals surface area contributed by atoms with Crippen molar-refractivity contribution in [3.8, 4) is 0 Å². The molecule has 4 nitrogen and oxygen atoms in total. The number of rotatable bonds is 2. The maximum absolute atomic E-state index is 11.2. The smallest absolute Gasteiger partial charge is 0.325 e. The topological polar surface area (TPSA) is 66.6 Å². The van der Waals surface area contributed by atoms with Gasteiger partial charge >= 0.3 is 5.97 Å². The zero-order valence-electron chi connectivity index (χ0n) is 11.6. The SMILES string of the molecule is CC1(C)CCCC(N2CCC(N)(C(=O)O)C2)CC1. The summed E-state index contributed by atoms with van der Waals surface area (Å²) in [6.07, 6.45) is 6.73. The molecule has 2 rings (SSSR count). The van der Waals surface area contributed by atoms with E-state index in [0.29, 0.717) is 24.4 Å². The molecule has 18 heavy (non-hydrogen) atoms. The number of hydrogen-bond acceptors (Lipinski definition) is 3. The third-order valence-electron chi connectivity index (χ3n) is 4.82. The first-order chi connectivity index (χ1) is 8.32. The molecule has 0 amide bonds. The molecule has 0 aromatic carbocycles. The summed E-state index contributed by atoms with van der Waals surface area (Å²) in [4.78, 5) is 13.5. The largest absolute Gasteiger partial charge is 0.480 e. The van der Waals surface area contributed by atoms with Crippen molar-refractivity contribution in [3.05, 3.63) is 0 Å². The quantitative estimate of drug-likeness (QED) is 0.738. The van der Waals surface area contributed by atoms with Crippen molar-refractivity contribution in [1.82, 2.24) is 4.90 Å². The van der Waals surface area contributed by atoms with Gasteiger partial charge in [0, 0.05) is 19.1 Å². The third-order valence-corrected chi connectivity index (χ3v) is 4.82. The maximum atomic E-state index is 11.2. The molecule has 0 spiro atoms. The first kappa shape index (κ1) is 13.8. The summed E-state index contributed by atoms with van der Waals surface area (Å²) in [6.45, 7) is 6.04. The Kier molecular flexibility index (Phi) is 3.70. The third kappa shape index (κ3) is 2.86. The lowest BCUT2D eigenvalue weighted by molar-refractivity contribution is -0.142. The molecule has 1 saturated carbocycles. The minimum atomic E-state index is -1.01. The van der Waals surface area contributed by atoms with Gasteiger partial charge in [-0.1, -0.05) is 20.3 Å². The average molecular weight is 254 g/mol. The molecule has 2 atom stereocenters. The van der Waals surface area contributed by atoms with Crippen LogP contribution in [0.2, 0.25) is 0 Å². The second-order valence-electron chi connectivity index (χ2n) is 6.93. The lowest BCUT2D eigenvalue weighted by Crippen LogP contribution is -2.51. The highest BCUT2D eigenvalue weighted by atomic mass is 16.4. The van der Waals surface area contributed by atoms with Crippen molar-refractivity contribution in [2.45, 2.75) is 64.0 Å². The van der Waals surface area contributed by atoms with Gasteiger partial charge in [-0.3, -0.25) is 9.69 Å². The van der Waals surface area contributed by atoms with Gasteiger partial charge in [0.15, 0.2) is 0 Å². The first-order valence-corrected chi connectivity index (χ1v) is 7.09. The highest BCUT2D eigenvalue weighted by Crippen LogP contribution is 2.36. The molecule has 0 bridgehead atoms. The molecule has 104 valence electrons. The molecule has 0 aromatic rings. The minimum Gasteiger partial charge on any atom is -0.480 e. The van der Waals surface area contributed by atoms with E-state index in [1.54, 1.807) is 0 Å². The van der Waals surface area contributed by atoms with Gasteiger partial charge in [0.05, 0.1) is 0 Å². The fraction of sp³-hybridized carbons (Fsp3) is 0.929. The first-order valence-electron chi connectivity index (χ1n) is 7.09. The molecule has 0 aromatic heterocycles. The van der Waals surface area contributed by atoms with Gasteiger partial charge in [-0.25, -0.2) is 0 Å². The van der Waals surface area contributed by atoms with Crippen LogP contribution in [0.4, 0.5) is 0 Å². The van der Waals surface area contributed by atoms with E-state index < -0.39 is 11.5 Å². The van der Waals surface area contributed by atoms with Gasteiger partial charge in [-0.15, -0.1) is 0 Å². The number of likely N-dealkylation sites (tertiary alicyclic amines) is 1. The zero-order valence-corrected chi connectivity index (χ0v) is 11.6. The monoisotopic (exact) mass is 254 g/mol. The second-order valence-corrected chi connectivity index (χ2v) is 6.93. The van der Waals surface area contributed by atoms with Gasteiger partial charge in [0.1, 0.15) is 5.54 Å². The highest BCUT2D eigenvalue weighted by molar-refractivity contribution is 5.79. The number of nitrogens with two attached hydrogens (primary N) is 1. The van der Waals surface area contributed by atoms with Gasteiger partial charge < -0.3 is 10.8 Å². The van der Waals surface area contributed by atoms with Crippen LogP contribution in [0.15, 0.2) is 0 Å². The van der Waals surface area contributed by atoms with Crippen LogP contribution in [0.5, 0.6) is 0 Å². The number of carbonyl (C=O) groups is 1. The Labute approximate surface area is 110 Å². The number of carboxylic acid groups (broad SMARTS) is 1. The Balaban J connectivity index is 1.96. The fourth-order valence-electron chi connectivity index (χ4n) is 3.36. The fourth-order valence-corrected chi connectivity index (χ4v) is 3.36. The number of hydrogen-bond donors (Lipinski definition) is 2. The normalized spacial score (nSPS) is 37.4. The van der Waals surface area contributed by atoms with Crippen molar-refractivity contribution in [3.63, 3.8) is 0 Å². The minimum absolute atomic E-state index is 0.446. The van der Waals surface area contributed by atoms with Crippen LogP contribution in [-0.2, 0) is 4.79 Å². The number of aliphatic carboxylic acids is 1. The van der Waals surface area contributed by atoms with Crippen LogP contribution in [0.3, 0.4) is 0 Å². The van der Waals surface area contributed by atoms with Crippen molar-refractivity contribution in [2.24, 2.45) is 11.1 Å². The van der Waals surface area contributed by atoms with E-state index in [4.69, 9.17) is 5.73 Å². The van der Waals surface area contributed by atoms with Gasteiger partial charge in [-0.05, 0) is 37.5 Å². The number of nitrogens with zero attached hydrogens (tertiary/aromatic N) is 1. The van der Waals surface area contributed by atoms with E-state index in [1.165, 1.54) is 32.1 Å². The molecule has 1 saturated heterocycles. The molecule has 2 unspecified atom stereocenters. The lowest BCUT2D eigenvalue weighted by atomic mass is 9.85. The molecule has 0 radical (unpaired) electrons. The summed E-state index contributed by atoms with van der Waals surface area (Å²) in [5.74, 6) is -0.848. The molecular formula is C14H26N2O2. The maximum Gasteiger partial charge on any atom is 0.325 e. The summed E-state index contributed by atoms with van der Waals surface area (Å²) in [5, 5.41) is 9.18. The summed E-state index contributed by atoms with van der Waals surface area (Å²) in [6, 6.07) is 0.538. The summed E-state index contributed by atoms with van der Waals surface area (Å²) in [7, 11) is 0. The zero-order chi connectivity index (χ0) is 13.4. The van der Waals surface area contributed by atoms with Crippen molar-refractivity contribution in [2.75, 3.05) is 13.1 Å². The van der Waals surface area contributed by atoms with Gasteiger partial charge in [0.2, 0.25) is 0 Å². The Bertz CT molecular complexity index is 330. The predicted molar refractivity (Wildman–Crippen MR) is 71.4 cm³/mol. The van der Waals surface area contributed by atoms with Crippen LogP contribution < -0.4 is 5.73 Å². The molecule has 1 aliphatic carbocycles. The van der Waals surface area contributed by atoms with Gasteiger partial charge in [-0.2, -0.15) is 0 Å². The molecule has 2 fully saturated rings. The Hall–Kier alpha value is -0.610. The van der Waals surface area contributed by atoms with Crippen molar-refractivity contribution < 1.29 is 9.90 Å². The number of carboxylic acids is 1. The van der Waals surface area contributed by atoms with E-state index in [-0.39, 0.29) is 0 Å². The molecule has 4 heteroatoms. The van der Waals surface area contributed by atoms with Crippen molar-refractivity contribution in [1.29, 1.82) is 0 Å². The Morgan fingerprint density at radius 3 is 2.61 bits per heavy atom. The van der Waals surface area contributed by atoms with Crippen LogP contribution in [-0.4, -0.2) is 40.6 Å². The van der Waals surface area contributed by atoms with Crippen LogP contribution in [0.1, 0.15) is 52.4 Å². The molecular weight excluding hydrogens is 228 g/mol. The van der Waals surface area contributed by atoms with E-state index >= 15 is 0 Å². The summed E-state index contributed by atoms with van der Waals surface area (Å²) >= 11 is 0. The van der Waals surface area contributed by atoms with Crippen LogP contribution in [0, 0.1) is 5.41 Å². The summed E-state index contributed by atoms with van der Waals surface area (Å²) < 4.78 is 0. The molecule has 1 heterocycles. The van der Waals surface area contributed by atoms with Gasteiger partial charge in [0.25, 0.3) is 0 Å². The summed E-state index contributed by atoms with van der Waals surface area (Å²) in [5.41, 5.74) is 5.38. The lowest BCUT2D eigenvalue weighted by Gasteiger charge is -2.28.